The number of likely N-dealkylation sites (N-methyl/N-ethyl adjacent to an activating group) is 1. The molecule has 0 N–H and O–H groups in total. The van der Waals surface area contributed by atoms with Crippen LogP contribution in [0.25, 0.3) is 0 Å². The third kappa shape index (κ3) is 5.88. The molecule has 1 saturated carbocycles. The van der Waals surface area contributed by atoms with Crippen LogP contribution in [0.5, 0.6) is 0 Å². The van der Waals surface area contributed by atoms with Crippen LogP contribution >= 0.6 is 11.6 Å². The van der Waals surface area contributed by atoms with Crippen molar-refractivity contribution in [2.24, 2.45) is 0 Å². The molecule has 1 unspecified atom stereocenters. The molecule has 24 heavy (non-hydrogen) atoms. The normalized spacial score (nSPS) is 19.6. The lowest BCUT2D eigenvalue weighted by Gasteiger charge is -2.36. The van der Waals surface area contributed by atoms with Gasteiger partial charge in [0.25, 0.3) is 0 Å². The number of hydrogen-bond donors (Lipinski definition) is 0. The molecule has 2 rings (SSSR count). The quantitative estimate of drug-likeness (QED) is 0.525. The van der Waals surface area contributed by atoms with Gasteiger partial charge in [-0.25, -0.2) is 9.97 Å². The molecule has 1 heterocycles. The van der Waals surface area contributed by atoms with Crippen LogP contribution < -0.4 is 0 Å². The van der Waals surface area contributed by atoms with E-state index in [-0.39, 0.29) is 0 Å². The van der Waals surface area contributed by atoms with Gasteiger partial charge in [0.15, 0.2) is 0 Å². The van der Waals surface area contributed by atoms with Crippen LogP contribution in [0.1, 0.15) is 52.1 Å². The van der Waals surface area contributed by atoms with E-state index in [2.05, 4.69) is 48.9 Å². The molecule has 4 heteroatoms. The average Bonchev–Trinajstić information content (AvgIpc) is 2.54. The van der Waals surface area contributed by atoms with E-state index in [1.807, 2.05) is 13.0 Å². The SMILES string of the molecule is C=C1CCCC(N(C)Cc2cc(Cl)ncn2)C1=C(C)CC.C=CC. The minimum absolute atomic E-state index is 0.431. The third-order valence-electron chi connectivity index (χ3n) is 4.29. The number of halogens is 1. The molecular formula is C20H30ClN3. The molecule has 0 radical (unpaired) electrons. The van der Waals surface area contributed by atoms with Crippen LogP contribution in [0, 0.1) is 0 Å². The second-order valence-electron chi connectivity index (χ2n) is 6.21. The maximum Gasteiger partial charge on any atom is 0.132 e. The van der Waals surface area contributed by atoms with Gasteiger partial charge in [0.2, 0.25) is 0 Å². The van der Waals surface area contributed by atoms with Crippen LogP contribution in [0.3, 0.4) is 0 Å². The summed E-state index contributed by atoms with van der Waals surface area (Å²) < 4.78 is 0. The van der Waals surface area contributed by atoms with Gasteiger partial charge in [-0.15, -0.1) is 6.58 Å². The Balaban J connectivity index is 0.000000891. The smallest absolute Gasteiger partial charge is 0.132 e. The van der Waals surface area contributed by atoms with Crippen LogP contribution in [0.2, 0.25) is 5.15 Å². The molecule has 0 bridgehead atoms. The minimum Gasteiger partial charge on any atom is -0.294 e. The van der Waals surface area contributed by atoms with Crippen molar-refractivity contribution in [2.45, 2.75) is 59.0 Å². The summed E-state index contributed by atoms with van der Waals surface area (Å²) in [5, 5.41) is 0.502. The summed E-state index contributed by atoms with van der Waals surface area (Å²) in [6, 6.07) is 2.27. The fourth-order valence-electron chi connectivity index (χ4n) is 3.06. The fraction of sp³-hybridized carbons (Fsp3) is 0.500. The lowest BCUT2D eigenvalue weighted by atomic mass is 9.82. The molecule has 1 aliphatic rings. The van der Waals surface area contributed by atoms with Gasteiger partial charge in [-0.05, 0) is 58.2 Å². The highest BCUT2D eigenvalue weighted by atomic mass is 35.5. The van der Waals surface area contributed by atoms with Crippen molar-refractivity contribution in [3.8, 4) is 0 Å². The van der Waals surface area contributed by atoms with Crippen molar-refractivity contribution in [3.05, 3.63) is 59.2 Å². The number of hydrogen-bond acceptors (Lipinski definition) is 3. The first-order valence-corrected chi connectivity index (χ1v) is 8.93. The average molecular weight is 348 g/mol. The van der Waals surface area contributed by atoms with Crippen LogP contribution in [0.4, 0.5) is 0 Å². The maximum absolute atomic E-state index is 5.95. The standard InChI is InChI=1S/C17H24ClN3.C3H6/c1-5-12(2)17-13(3)7-6-8-15(17)21(4)10-14-9-16(18)20-11-19-14;1-3-2/h9,11,15H,3,5-8,10H2,1-2,4H3;3H,1H2,2H3. The van der Waals surface area contributed by atoms with Crippen molar-refractivity contribution >= 4 is 11.6 Å². The third-order valence-corrected chi connectivity index (χ3v) is 4.50. The van der Waals surface area contributed by atoms with E-state index in [1.54, 1.807) is 6.08 Å². The highest BCUT2D eigenvalue weighted by Gasteiger charge is 2.26. The minimum atomic E-state index is 0.431. The van der Waals surface area contributed by atoms with Gasteiger partial charge in [0.05, 0.1) is 5.69 Å². The van der Waals surface area contributed by atoms with Crippen LogP contribution in [-0.4, -0.2) is 28.0 Å². The van der Waals surface area contributed by atoms with Gasteiger partial charge >= 0.3 is 0 Å². The van der Waals surface area contributed by atoms with Gasteiger partial charge < -0.3 is 0 Å². The first kappa shape index (κ1) is 20.6. The number of allylic oxidation sites excluding steroid dienone is 2. The monoisotopic (exact) mass is 347 g/mol. The lowest BCUT2D eigenvalue weighted by Crippen LogP contribution is -2.36. The first-order valence-electron chi connectivity index (χ1n) is 8.56. The first-order chi connectivity index (χ1) is 11.4. The van der Waals surface area contributed by atoms with E-state index < -0.39 is 0 Å². The zero-order valence-electron chi connectivity index (χ0n) is 15.5. The van der Waals surface area contributed by atoms with Gasteiger partial charge in [0, 0.05) is 12.6 Å². The van der Waals surface area contributed by atoms with Crippen LogP contribution in [-0.2, 0) is 6.54 Å². The van der Waals surface area contributed by atoms with Crippen molar-refractivity contribution in [1.82, 2.24) is 14.9 Å². The Kier molecular flexibility index (Phi) is 8.94. The Bertz CT molecular complexity index is 592. The second kappa shape index (κ2) is 10.4. The summed E-state index contributed by atoms with van der Waals surface area (Å²) >= 11 is 5.95. The molecule has 0 saturated heterocycles. The highest BCUT2D eigenvalue weighted by molar-refractivity contribution is 6.29. The van der Waals surface area contributed by atoms with E-state index in [1.165, 1.54) is 35.9 Å². The van der Waals surface area contributed by atoms with E-state index in [4.69, 9.17) is 11.6 Å². The van der Waals surface area contributed by atoms with Crippen LogP contribution in [0.15, 0.2) is 48.3 Å². The molecule has 1 atom stereocenters. The van der Waals surface area contributed by atoms with Crippen molar-refractivity contribution < 1.29 is 0 Å². The topological polar surface area (TPSA) is 29.0 Å². The van der Waals surface area contributed by atoms with Gasteiger partial charge in [-0.2, -0.15) is 0 Å². The molecule has 132 valence electrons. The highest BCUT2D eigenvalue weighted by Crippen LogP contribution is 2.34. The van der Waals surface area contributed by atoms with Gasteiger partial charge in [-0.1, -0.05) is 42.3 Å². The molecule has 3 nitrogen and oxygen atoms in total. The fourth-order valence-corrected chi connectivity index (χ4v) is 3.23. The summed E-state index contributed by atoms with van der Waals surface area (Å²) in [5.74, 6) is 0. The Hall–Kier alpha value is -1.45. The van der Waals surface area contributed by atoms with Gasteiger partial charge in [0.1, 0.15) is 11.5 Å². The van der Waals surface area contributed by atoms with E-state index in [0.29, 0.717) is 11.2 Å². The summed E-state index contributed by atoms with van der Waals surface area (Å²) in [6.07, 6.45) is 7.87. The van der Waals surface area contributed by atoms with E-state index in [9.17, 15) is 0 Å². The zero-order chi connectivity index (χ0) is 18.1. The molecule has 0 aliphatic heterocycles. The Morgan fingerprint density at radius 2 is 2.12 bits per heavy atom. The Labute approximate surface area is 152 Å². The Morgan fingerprint density at radius 1 is 1.46 bits per heavy atom. The number of rotatable bonds is 4. The number of aromatic nitrogens is 2. The Morgan fingerprint density at radius 3 is 2.71 bits per heavy atom. The summed E-state index contributed by atoms with van der Waals surface area (Å²) in [4.78, 5) is 10.6. The van der Waals surface area contributed by atoms with Crippen molar-refractivity contribution in [2.75, 3.05) is 7.05 Å². The summed E-state index contributed by atoms with van der Waals surface area (Å²) in [5.41, 5.74) is 5.17. The molecular weight excluding hydrogens is 318 g/mol. The lowest BCUT2D eigenvalue weighted by molar-refractivity contribution is 0.237. The van der Waals surface area contributed by atoms with Gasteiger partial charge in [-0.3, -0.25) is 4.90 Å². The second-order valence-corrected chi connectivity index (χ2v) is 6.60. The van der Waals surface area contributed by atoms with Crippen molar-refractivity contribution in [3.63, 3.8) is 0 Å². The largest absolute Gasteiger partial charge is 0.294 e. The molecule has 1 aromatic heterocycles. The molecule has 0 amide bonds. The molecule has 0 spiro atoms. The van der Waals surface area contributed by atoms with Crippen molar-refractivity contribution in [1.29, 1.82) is 0 Å². The zero-order valence-corrected chi connectivity index (χ0v) is 16.2. The maximum atomic E-state index is 5.95. The predicted octanol–water partition coefficient (Wildman–Crippen LogP) is 5.59. The van der Waals surface area contributed by atoms with E-state index in [0.717, 1.165) is 25.1 Å². The molecule has 1 fully saturated rings. The summed E-state index contributed by atoms with van der Waals surface area (Å²) in [6.45, 7) is 14.8. The van der Waals surface area contributed by atoms with E-state index >= 15 is 0 Å². The molecule has 0 aromatic carbocycles. The molecule has 1 aliphatic carbocycles. The predicted molar refractivity (Wildman–Crippen MR) is 104 cm³/mol. The number of nitrogens with zero attached hydrogens (tertiary/aromatic N) is 3. The molecule has 1 aromatic rings. The summed E-state index contributed by atoms with van der Waals surface area (Å²) in [7, 11) is 2.15.